The molecule has 0 radical (unpaired) electrons. The van der Waals surface area contributed by atoms with E-state index in [1.165, 1.54) is 0 Å². The van der Waals surface area contributed by atoms with E-state index in [1.54, 1.807) is 0 Å². The lowest BCUT2D eigenvalue weighted by Gasteiger charge is -2.14. The van der Waals surface area contributed by atoms with E-state index in [0.29, 0.717) is 0 Å². The number of hydrogen-bond acceptors (Lipinski definition) is 1. The minimum Gasteiger partial charge on any atom is -0.369 e. The monoisotopic (exact) mass is 311 g/mol. The average molecular weight is 311 g/mol. The molecule has 0 aromatic heterocycles. The number of primary amides is 1. The van der Waals surface area contributed by atoms with Crippen LogP contribution in [0.4, 0.5) is 0 Å². The minimum atomic E-state index is -0.418. The highest BCUT2D eigenvalue weighted by Gasteiger charge is 2.35. The van der Waals surface area contributed by atoms with Gasteiger partial charge < -0.3 is 5.73 Å². The summed E-state index contributed by atoms with van der Waals surface area (Å²) in [5.41, 5.74) is 12.1. The number of fused-ring (bicyclic) bond motifs is 1. The van der Waals surface area contributed by atoms with Crippen molar-refractivity contribution in [3.63, 3.8) is 0 Å². The molecule has 0 unspecified atom stereocenters. The topological polar surface area (TPSA) is 43.1 Å². The van der Waals surface area contributed by atoms with Crippen LogP contribution in [0.2, 0.25) is 0 Å². The Bertz CT molecular complexity index is 926. The van der Waals surface area contributed by atoms with Crippen LogP contribution in [-0.2, 0) is 4.79 Å². The summed E-state index contributed by atoms with van der Waals surface area (Å²) in [6.07, 6.45) is 0. The highest BCUT2D eigenvalue weighted by molar-refractivity contribution is 6.13. The van der Waals surface area contributed by atoms with E-state index in [4.69, 9.17) is 5.73 Å². The van der Waals surface area contributed by atoms with Crippen LogP contribution >= 0.6 is 0 Å². The lowest BCUT2D eigenvalue weighted by Crippen LogP contribution is -2.21. The van der Waals surface area contributed by atoms with Crippen LogP contribution in [0.3, 0.4) is 0 Å². The quantitative estimate of drug-likeness (QED) is 0.773. The van der Waals surface area contributed by atoms with E-state index in [9.17, 15) is 4.79 Å². The Morgan fingerprint density at radius 1 is 0.708 bits per heavy atom. The van der Waals surface area contributed by atoms with Crippen molar-refractivity contribution in [2.75, 3.05) is 0 Å². The van der Waals surface area contributed by atoms with Crippen molar-refractivity contribution in [2.45, 2.75) is 5.92 Å². The third-order valence-corrected chi connectivity index (χ3v) is 4.53. The van der Waals surface area contributed by atoms with Gasteiger partial charge in [0, 0.05) is 0 Å². The van der Waals surface area contributed by atoms with Crippen LogP contribution in [0.5, 0.6) is 0 Å². The number of hydrogen-bond donors (Lipinski definition) is 1. The van der Waals surface area contributed by atoms with Crippen molar-refractivity contribution >= 4 is 17.1 Å². The number of carbonyl (C=O) groups excluding carboxylic acids is 1. The lowest BCUT2D eigenvalue weighted by molar-refractivity contribution is -0.118. The van der Waals surface area contributed by atoms with Gasteiger partial charge >= 0.3 is 0 Å². The van der Waals surface area contributed by atoms with Gasteiger partial charge in [-0.15, -0.1) is 0 Å². The SMILES string of the molecule is NC(=O)[C@H]1C(c2ccccc2)=C(c2ccccc2)c2ccccc21. The van der Waals surface area contributed by atoms with Crippen LogP contribution in [0.1, 0.15) is 28.2 Å². The highest BCUT2D eigenvalue weighted by Crippen LogP contribution is 2.49. The van der Waals surface area contributed by atoms with Gasteiger partial charge in [0.2, 0.25) is 5.91 Å². The summed E-state index contributed by atoms with van der Waals surface area (Å²) in [6, 6.07) is 28.3. The summed E-state index contributed by atoms with van der Waals surface area (Å²) < 4.78 is 0. The molecule has 0 saturated carbocycles. The zero-order chi connectivity index (χ0) is 16.5. The third kappa shape index (κ3) is 2.24. The molecule has 0 fully saturated rings. The Hall–Kier alpha value is -3.13. The molecule has 1 amide bonds. The summed E-state index contributed by atoms with van der Waals surface area (Å²) in [5, 5.41) is 0. The van der Waals surface area contributed by atoms with Gasteiger partial charge in [0.05, 0.1) is 5.92 Å². The maximum Gasteiger partial charge on any atom is 0.229 e. The predicted molar refractivity (Wildman–Crippen MR) is 97.2 cm³/mol. The first-order chi connectivity index (χ1) is 11.8. The first kappa shape index (κ1) is 14.5. The van der Waals surface area contributed by atoms with Gasteiger partial charge in [0.25, 0.3) is 0 Å². The number of amides is 1. The predicted octanol–water partition coefficient (Wildman–Crippen LogP) is 4.23. The standard InChI is InChI=1S/C22H17NO/c23-22(24)21-18-14-8-7-13-17(18)19(15-9-3-1-4-10-15)20(21)16-11-5-2-6-12-16/h1-14,21H,(H2,23,24)/t21-/m1/s1. The van der Waals surface area contributed by atoms with Crippen LogP contribution in [-0.4, -0.2) is 5.91 Å². The molecule has 0 saturated heterocycles. The summed E-state index contributed by atoms with van der Waals surface area (Å²) in [5.74, 6) is -0.731. The summed E-state index contributed by atoms with van der Waals surface area (Å²) in [7, 11) is 0. The molecule has 3 aromatic carbocycles. The molecular weight excluding hydrogens is 294 g/mol. The van der Waals surface area contributed by atoms with Crippen molar-refractivity contribution in [1.82, 2.24) is 0 Å². The van der Waals surface area contributed by atoms with Gasteiger partial charge in [-0.1, -0.05) is 84.9 Å². The molecule has 0 bridgehead atoms. The Kier molecular flexibility index (Phi) is 3.51. The Morgan fingerprint density at radius 3 is 1.88 bits per heavy atom. The number of nitrogens with two attached hydrogens (primary N) is 1. The molecule has 24 heavy (non-hydrogen) atoms. The second-order valence-corrected chi connectivity index (χ2v) is 5.94. The molecule has 1 aliphatic rings. The maximum absolute atomic E-state index is 12.3. The molecule has 4 rings (SSSR count). The molecule has 0 aliphatic heterocycles. The van der Waals surface area contributed by atoms with Crippen molar-refractivity contribution in [2.24, 2.45) is 5.73 Å². The Morgan fingerprint density at radius 2 is 1.25 bits per heavy atom. The highest BCUT2D eigenvalue weighted by atomic mass is 16.1. The van der Waals surface area contributed by atoms with Crippen molar-refractivity contribution in [1.29, 1.82) is 0 Å². The van der Waals surface area contributed by atoms with E-state index in [2.05, 4.69) is 18.2 Å². The summed E-state index contributed by atoms with van der Waals surface area (Å²) >= 11 is 0. The fourth-order valence-electron chi connectivity index (χ4n) is 3.56. The molecule has 2 nitrogen and oxygen atoms in total. The molecule has 2 heteroatoms. The van der Waals surface area contributed by atoms with E-state index in [-0.39, 0.29) is 5.91 Å². The molecule has 0 spiro atoms. The molecule has 0 heterocycles. The number of rotatable bonds is 3. The number of carbonyl (C=O) groups is 1. The zero-order valence-electron chi connectivity index (χ0n) is 13.1. The molecule has 1 aliphatic carbocycles. The summed E-state index contributed by atoms with van der Waals surface area (Å²) in [6.45, 7) is 0. The largest absolute Gasteiger partial charge is 0.369 e. The second-order valence-electron chi connectivity index (χ2n) is 5.94. The van der Waals surface area contributed by atoms with Gasteiger partial charge in [-0.05, 0) is 33.4 Å². The smallest absolute Gasteiger partial charge is 0.229 e. The maximum atomic E-state index is 12.3. The van der Waals surface area contributed by atoms with Crippen molar-refractivity contribution in [3.8, 4) is 0 Å². The molecule has 2 N–H and O–H groups in total. The molecule has 1 atom stereocenters. The molecular formula is C22H17NO. The first-order valence-corrected chi connectivity index (χ1v) is 8.01. The molecule has 116 valence electrons. The lowest BCUT2D eigenvalue weighted by atomic mass is 9.89. The number of benzene rings is 3. The van der Waals surface area contributed by atoms with Crippen LogP contribution in [0, 0.1) is 0 Å². The van der Waals surface area contributed by atoms with Gasteiger partial charge in [0.1, 0.15) is 0 Å². The van der Waals surface area contributed by atoms with Gasteiger partial charge in [-0.25, -0.2) is 0 Å². The van der Waals surface area contributed by atoms with E-state index in [0.717, 1.165) is 33.4 Å². The van der Waals surface area contributed by atoms with Crippen molar-refractivity contribution in [3.05, 3.63) is 107 Å². The van der Waals surface area contributed by atoms with Gasteiger partial charge in [-0.2, -0.15) is 0 Å². The molecule has 3 aromatic rings. The van der Waals surface area contributed by atoms with E-state index in [1.807, 2.05) is 66.7 Å². The van der Waals surface area contributed by atoms with Crippen LogP contribution in [0.25, 0.3) is 11.1 Å². The average Bonchev–Trinajstić information content (AvgIpc) is 2.98. The first-order valence-electron chi connectivity index (χ1n) is 8.01. The Labute approximate surface area is 141 Å². The minimum absolute atomic E-state index is 0.313. The van der Waals surface area contributed by atoms with E-state index >= 15 is 0 Å². The van der Waals surface area contributed by atoms with Crippen molar-refractivity contribution < 1.29 is 4.79 Å². The van der Waals surface area contributed by atoms with Gasteiger partial charge in [-0.3, -0.25) is 4.79 Å². The second kappa shape index (κ2) is 5.82. The van der Waals surface area contributed by atoms with Crippen LogP contribution < -0.4 is 5.73 Å². The fourth-order valence-corrected chi connectivity index (χ4v) is 3.56. The van der Waals surface area contributed by atoms with Gasteiger partial charge in [0.15, 0.2) is 0 Å². The third-order valence-electron chi connectivity index (χ3n) is 4.53. The van der Waals surface area contributed by atoms with E-state index < -0.39 is 5.92 Å². The fraction of sp³-hybridized carbons (Fsp3) is 0.0455. The zero-order valence-corrected chi connectivity index (χ0v) is 13.1. The summed E-state index contributed by atoms with van der Waals surface area (Å²) in [4.78, 5) is 12.3. The van der Waals surface area contributed by atoms with Crippen LogP contribution in [0.15, 0.2) is 84.9 Å². The normalized spacial score (nSPS) is 16.1. The Balaban J connectivity index is 2.07.